The van der Waals surface area contributed by atoms with Crippen LogP contribution in [0.3, 0.4) is 0 Å². The maximum atomic E-state index is 13.3. The molecule has 5 nitrogen and oxygen atoms in total. The van der Waals surface area contributed by atoms with Gasteiger partial charge in [0.1, 0.15) is 0 Å². The summed E-state index contributed by atoms with van der Waals surface area (Å²) in [7, 11) is 1.52. The van der Waals surface area contributed by atoms with Gasteiger partial charge in [0.15, 0.2) is 17.3 Å². The Labute approximate surface area is 230 Å². The van der Waals surface area contributed by atoms with Crippen LogP contribution < -0.4 is 14.8 Å². The Morgan fingerprint density at radius 1 is 0.947 bits per heavy atom. The van der Waals surface area contributed by atoms with Crippen LogP contribution in [0.5, 0.6) is 11.5 Å². The highest BCUT2D eigenvalue weighted by Crippen LogP contribution is 2.49. The molecule has 1 aliphatic heterocycles. The minimum atomic E-state index is -0.622. The molecule has 1 unspecified atom stereocenters. The van der Waals surface area contributed by atoms with Crippen molar-refractivity contribution in [3.8, 4) is 11.5 Å². The Morgan fingerprint density at radius 3 is 2.61 bits per heavy atom. The van der Waals surface area contributed by atoms with Crippen LogP contribution in [-0.2, 0) is 4.79 Å². The third-order valence-electron chi connectivity index (χ3n) is 7.16. The maximum Gasteiger partial charge on any atom is 0.345 e. The highest BCUT2D eigenvalue weighted by atomic mass is 35.5. The molecule has 0 fully saturated rings. The number of hydrogen-bond acceptors (Lipinski definition) is 5. The second-order valence-corrected chi connectivity index (χ2v) is 10.2. The molecule has 0 saturated heterocycles. The van der Waals surface area contributed by atoms with Crippen LogP contribution in [0.15, 0.2) is 84.1 Å². The minimum Gasteiger partial charge on any atom is -0.493 e. The molecule has 1 N–H and O–H groups in total. The molecule has 2 aliphatic rings. The van der Waals surface area contributed by atoms with E-state index in [-0.39, 0.29) is 28.0 Å². The van der Waals surface area contributed by atoms with Gasteiger partial charge in [-0.05, 0) is 71.1 Å². The molecule has 0 amide bonds. The Kier molecular flexibility index (Phi) is 6.34. The molecular formula is C31H23Cl2NO4. The number of halogens is 2. The Balaban J connectivity index is 1.46. The summed E-state index contributed by atoms with van der Waals surface area (Å²) in [6.45, 7) is 0. The van der Waals surface area contributed by atoms with Crippen molar-refractivity contribution >= 4 is 51.4 Å². The molecule has 190 valence electrons. The van der Waals surface area contributed by atoms with Crippen LogP contribution in [-0.4, -0.2) is 18.9 Å². The summed E-state index contributed by atoms with van der Waals surface area (Å²) >= 11 is 12.2. The molecule has 1 atom stereocenters. The first-order valence-corrected chi connectivity index (χ1v) is 13.1. The molecule has 1 aliphatic carbocycles. The zero-order valence-electron chi connectivity index (χ0n) is 20.5. The average Bonchev–Trinajstić information content (AvgIpc) is 2.92. The summed E-state index contributed by atoms with van der Waals surface area (Å²) in [6.07, 6.45) is 2.16. The fourth-order valence-electron chi connectivity index (χ4n) is 5.44. The van der Waals surface area contributed by atoms with E-state index in [0.29, 0.717) is 17.2 Å². The van der Waals surface area contributed by atoms with Gasteiger partial charge < -0.3 is 14.8 Å². The van der Waals surface area contributed by atoms with E-state index in [1.54, 1.807) is 12.1 Å². The Morgan fingerprint density at radius 2 is 1.79 bits per heavy atom. The molecular weight excluding hydrogens is 521 g/mol. The maximum absolute atomic E-state index is 13.3. The summed E-state index contributed by atoms with van der Waals surface area (Å²) in [4.78, 5) is 26.2. The van der Waals surface area contributed by atoms with Crippen molar-refractivity contribution in [1.29, 1.82) is 0 Å². The van der Waals surface area contributed by atoms with Crippen molar-refractivity contribution in [3.63, 3.8) is 0 Å². The normalized spacial score (nSPS) is 16.5. The molecule has 7 heteroatoms. The van der Waals surface area contributed by atoms with Crippen LogP contribution in [0.4, 0.5) is 5.69 Å². The van der Waals surface area contributed by atoms with Gasteiger partial charge in [0.2, 0.25) is 0 Å². The topological polar surface area (TPSA) is 64.6 Å². The van der Waals surface area contributed by atoms with E-state index < -0.39 is 5.97 Å². The van der Waals surface area contributed by atoms with Gasteiger partial charge in [0.05, 0.1) is 17.7 Å². The fourth-order valence-corrected chi connectivity index (χ4v) is 5.93. The number of nitrogens with one attached hydrogen (secondary N) is 1. The van der Waals surface area contributed by atoms with Gasteiger partial charge in [-0.2, -0.15) is 0 Å². The lowest BCUT2D eigenvalue weighted by Crippen LogP contribution is -2.27. The first-order chi connectivity index (χ1) is 18.4. The Hall–Kier alpha value is -3.80. The summed E-state index contributed by atoms with van der Waals surface area (Å²) in [5.41, 5.74) is 4.89. The van der Waals surface area contributed by atoms with E-state index in [1.165, 1.54) is 19.2 Å². The molecule has 0 saturated carbocycles. The Bertz CT molecular complexity index is 1660. The number of fused-ring (bicyclic) bond motifs is 3. The number of ether oxygens (including phenoxy) is 2. The number of benzene rings is 4. The number of esters is 1. The van der Waals surface area contributed by atoms with Gasteiger partial charge in [-0.1, -0.05) is 59.6 Å². The second kappa shape index (κ2) is 9.82. The van der Waals surface area contributed by atoms with Gasteiger partial charge in [-0.15, -0.1) is 0 Å². The number of ketones is 1. The van der Waals surface area contributed by atoms with E-state index in [9.17, 15) is 9.59 Å². The second-order valence-electron chi connectivity index (χ2n) is 9.40. The van der Waals surface area contributed by atoms with Crippen molar-refractivity contribution in [2.45, 2.75) is 25.2 Å². The van der Waals surface area contributed by atoms with Crippen molar-refractivity contribution in [2.75, 3.05) is 12.4 Å². The lowest BCUT2D eigenvalue weighted by atomic mass is 9.74. The van der Waals surface area contributed by atoms with E-state index in [2.05, 4.69) is 29.6 Å². The first-order valence-electron chi connectivity index (χ1n) is 12.3. The van der Waals surface area contributed by atoms with Crippen LogP contribution in [0.2, 0.25) is 10.0 Å². The third kappa shape index (κ3) is 4.22. The highest BCUT2D eigenvalue weighted by Gasteiger charge is 2.36. The predicted octanol–water partition coefficient (Wildman–Crippen LogP) is 7.94. The van der Waals surface area contributed by atoms with Crippen molar-refractivity contribution in [3.05, 3.63) is 111 Å². The number of Topliss-reactive ketones (excluding diaryl/α,β-unsaturated/α-hetero) is 1. The lowest BCUT2D eigenvalue weighted by Gasteiger charge is -2.35. The van der Waals surface area contributed by atoms with Gasteiger partial charge in [0, 0.05) is 34.3 Å². The summed E-state index contributed by atoms with van der Waals surface area (Å²) in [5, 5.41) is 6.36. The number of rotatable bonds is 4. The molecule has 4 aromatic rings. The number of anilines is 1. The lowest BCUT2D eigenvalue weighted by molar-refractivity contribution is -0.116. The molecule has 0 aromatic heterocycles. The molecule has 1 heterocycles. The molecule has 4 aromatic carbocycles. The summed E-state index contributed by atoms with van der Waals surface area (Å²) in [6, 6.07) is 22.4. The molecule has 0 radical (unpaired) electrons. The molecule has 6 rings (SSSR count). The van der Waals surface area contributed by atoms with E-state index >= 15 is 0 Å². The zero-order chi connectivity index (χ0) is 26.4. The summed E-state index contributed by atoms with van der Waals surface area (Å²) in [5.74, 6) is -0.128. The van der Waals surface area contributed by atoms with E-state index in [0.717, 1.165) is 51.7 Å². The number of methoxy groups -OCH3 is 1. The highest BCUT2D eigenvalue weighted by molar-refractivity contribution is 6.36. The van der Waals surface area contributed by atoms with Gasteiger partial charge in [0.25, 0.3) is 0 Å². The predicted molar refractivity (Wildman–Crippen MR) is 150 cm³/mol. The first kappa shape index (κ1) is 24.5. The average molecular weight is 544 g/mol. The smallest absolute Gasteiger partial charge is 0.345 e. The third-order valence-corrected chi connectivity index (χ3v) is 7.71. The number of carbonyl (C=O) groups excluding carboxylic acids is 2. The largest absolute Gasteiger partial charge is 0.493 e. The van der Waals surface area contributed by atoms with Crippen LogP contribution in [0.1, 0.15) is 46.7 Å². The number of hydrogen-bond donors (Lipinski definition) is 1. The standard InChI is InChI=1S/C31H23Cl2NO4/c1-37-27-15-18(10-14-26(27)38-31(36)21-12-11-19(32)16-22(21)33)28-29-20-6-3-2-5-17(20)9-13-24(29)34-23-7-4-8-25(35)30(23)28/h2-3,5-6,9-16,28,34H,4,7-8H2,1H3. The quantitative estimate of drug-likeness (QED) is 0.209. The van der Waals surface area contributed by atoms with Crippen molar-refractivity contribution in [2.24, 2.45) is 0 Å². The number of carbonyl (C=O) groups is 2. The van der Waals surface area contributed by atoms with Gasteiger partial charge in [-0.3, -0.25) is 4.79 Å². The van der Waals surface area contributed by atoms with E-state index in [1.807, 2.05) is 24.3 Å². The number of allylic oxidation sites excluding steroid dienone is 2. The fraction of sp³-hybridized carbons (Fsp3) is 0.161. The zero-order valence-corrected chi connectivity index (χ0v) is 22.0. The minimum absolute atomic E-state index is 0.147. The summed E-state index contributed by atoms with van der Waals surface area (Å²) < 4.78 is 11.3. The van der Waals surface area contributed by atoms with Crippen LogP contribution >= 0.6 is 23.2 Å². The SMILES string of the molecule is COc1cc(C2C3=C(CCCC3=O)Nc3ccc4ccccc4c32)ccc1OC(=O)c1ccc(Cl)cc1Cl. The molecule has 0 spiro atoms. The monoisotopic (exact) mass is 543 g/mol. The van der Waals surface area contributed by atoms with Gasteiger partial charge >= 0.3 is 5.97 Å². The van der Waals surface area contributed by atoms with Crippen LogP contribution in [0, 0.1) is 0 Å². The van der Waals surface area contributed by atoms with Crippen LogP contribution in [0.25, 0.3) is 10.8 Å². The van der Waals surface area contributed by atoms with Crippen molar-refractivity contribution < 1.29 is 19.1 Å². The molecule has 0 bridgehead atoms. The van der Waals surface area contributed by atoms with Gasteiger partial charge in [-0.25, -0.2) is 4.79 Å². The van der Waals surface area contributed by atoms with Crippen molar-refractivity contribution in [1.82, 2.24) is 0 Å². The van der Waals surface area contributed by atoms with E-state index in [4.69, 9.17) is 32.7 Å². The molecule has 38 heavy (non-hydrogen) atoms.